The molecule has 0 bridgehead atoms. The topological polar surface area (TPSA) is 44.8 Å². The molecule has 0 aromatic rings. The molecule has 0 amide bonds. The van der Waals surface area contributed by atoms with Crippen molar-refractivity contribution in [2.75, 3.05) is 13.2 Å². The molecule has 4 nitrogen and oxygen atoms in total. The van der Waals surface area contributed by atoms with E-state index in [-0.39, 0.29) is 6.29 Å². The highest BCUT2D eigenvalue weighted by Crippen LogP contribution is 2.30. The van der Waals surface area contributed by atoms with Gasteiger partial charge in [0.1, 0.15) is 0 Å². The summed E-state index contributed by atoms with van der Waals surface area (Å²) in [5.74, 6) is -1.05. The van der Waals surface area contributed by atoms with Crippen molar-refractivity contribution < 1.29 is 19.0 Å². The minimum absolute atomic E-state index is 0.290. The van der Waals surface area contributed by atoms with Crippen molar-refractivity contribution in [2.45, 2.75) is 38.8 Å². The average molecular weight is 188 g/mol. The predicted octanol–water partition coefficient (Wildman–Crippen LogP) is 1.09. The summed E-state index contributed by atoms with van der Waals surface area (Å²) in [7, 11) is 0. The van der Waals surface area contributed by atoms with E-state index in [0.29, 0.717) is 26.1 Å². The maximum Gasteiger partial charge on any atom is 0.228 e. The van der Waals surface area contributed by atoms with Gasteiger partial charge in [0.15, 0.2) is 12.6 Å². The lowest BCUT2D eigenvalue weighted by atomic mass is 10.2. The van der Waals surface area contributed by atoms with Crippen LogP contribution in [0.5, 0.6) is 0 Å². The van der Waals surface area contributed by atoms with E-state index in [1.54, 1.807) is 0 Å². The second-order valence-electron chi connectivity index (χ2n) is 2.90. The molecule has 13 heavy (non-hydrogen) atoms. The van der Waals surface area contributed by atoms with Crippen LogP contribution in [0, 0.1) is 0 Å². The number of hydrogen-bond donors (Lipinski definition) is 0. The van der Waals surface area contributed by atoms with Crippen LogP contribution >= 0.6 is 0 Å². The highest BCUT2D eigenvalue weighted by molar-refractivity contribution is 5.60. The van der Waals surface area contributed by atoms with Gasteiger partial charge in [-0.3, -0.25) is 4.79 Å². The lowest BCUT2D eigenvalue weighted by Gasteiger charge is -2.22. The minimum Gasteiger partial charge on any atom is -0.353 e. The Balaban J connectivity index is 2.47. The van der Waals surface area contributed by atoms with Crippen molar-refractivity contribution >= 4 is 6.29 Å². The summed E-state index contributed by atoms with van der Waals surface area (Å²) in [6, 6.07) is 0. The van der Waals surface area contributed by atoms with E-state index in [2.05, 4.69) is 0 Å². The largest absolute Gasteiger partial charge is 0.353 e. The molecule has 2 atom stereocenters. The molecule has 0 aromatic carbocycles. The van der Waals surface area contributed by atoms with Gasteiger partial charge in [-0.15, -0.1) is 0 Å². The Morgan fingerprint density at radius 2 is 2.31 bits per heavy atom. The summed E-state index contributed by atoms with van der Waals surface area (Å²) < 4.78 is 15.9. The SMILES string of the molecule is CCOC1CCC(C=O)(OCC)O1. The smallest absolute Gasteiger partial charge is 0.228 e. The van der Waals surface area contributed by atoms with Crippen molar-refractivity contribution in [1.82, 2.24) is 0 Å². The second kappa shape index (κ2) is 4.69. The Morgan fingerprint density at radius 1 is 1.54 bits per heavy atom. The molecule has 0 aliphatic carbocycles. The number of carbonyl (C=O) groups is 1. The van der Waals surface area contributed by atoms with Crippen LogP contribution in [0.25, 0.3) is 0 Å². The van der Waals surface area contributed by atoms with E-state index in [4.69, 9.17) is 14.2 Å². The Hall–Kier alpha value is -0.450. The van der Waals surface area contributed by atoms with Crippen molar-refractivity contribution in [3.8, 4) is 0 Å². The van der Waals surface area contributed by atoms with Gasteiger partial charge in [0, 0.05) is 26.1 Å². The predicted molar refractivity (Wildman–Crippen MR) is 46.2 cm³/mol. The second-order valence-corrected chi connectivity index (χ2v) is 2.90. The fraction of sp³-hybridized carbons (Fsp3) is 0.889. The molecule has 1 fully saturated rings. The highest BCUT2D eigenvalue weighted by atomic mass is 16.8. The summed E-state index contributed by atoms with van der Waals surface area (Å²) in [6.45, 7) is 4.79. The molecule has 0 saturated carbocycles. The lowest BCUT2D eigenvalue weighted by molar-refractivity contribution is -0.250. The van der Waals surface area contributed by atoms with Gasteiger partial charge in [-0.25, -0.2) is 0 Å². The Labute approximate surface area is 78.2 Å². The molecule has 4 heteroatoms. The van der Waals surface area contributed by atoms with Gasteiger partial charge in [0.05, 0.1) is 0 Å². The Morgan fingerprint density at radius 3 is 2.85 bits per heavy atom. The quantitative estimate of drug-likeness (QED) is 0.606. The summed E-state index contributed by atoms with van der Waals surface area (Å²) >= 11 is 0. The highest BCUT2D eigenvalue weighted by Gasteiger charge is 2.41. The van der Waals surface area contributed by atoms with Gasteiger partial charge in [0.2, 0.25) is 5.79 Å². The van der Waals surface area contributed by atoms with Crippen LogP contribution in [0.15, 0.2) is 0 Å². The summed E-state index contributed by atoms with van der Waals surface area (Å²) in [5.41, 5.74) is 0. The standard InChI is InChI=1S/C9H16O4/c1-3-11-8-5-6-9(7-10,13-8)12-4-2/h7-8H,3-6H2,1-2H3. The third-order valence-corrected chi connectivity index (χ3v) is 1.98. The van der Waals surface area contributed by atoms with Crippen LogP contribution in [-0.2, 0) is 19.0 Å². The van der Waals surface area contributed by atoms with Crippen molar-refractivity contribution in [1.29, 1.82) is 0 Å². The van der Waals surface area contributed by atoms with Crippen LogP contribution < -0.4 is 0 Å². The molecule has 1 aliphatic rings. The average Bonchev–Trinajstić information content (AvgIpc) is 2.51. The van der Waals surface area contributed by atoms with Gasteiger partial charge in [0.25, 0.3) is 0 Å². The minimum atomic E-state index is -1.05. The first-order valence-electron chi connectivity index (χ1n) is 4.66. The molecule has 0 N–H and O–H groups in total. The van der Waals surface area contributed by atoms with Crippen LogP contribution in [0.3, 0.4) is 0 Å². The van der Waals surface area contributed by atoms with Crippen LogP contribution in [0.2, 0.25) is 0 Å². The summed E-state index contributed by atoms with van der Waals surface area (Å²) in [4.78, 5) is 10.8. The fourth-order valence-corrected chi connectivity index (χ4v) is 1.43. The van der Waals surface area contributed by atoms with Crippen LogP contribution in [-0.4, -0.2) is 31.6 Å². The molecule has 76 valence electrons. The van der Waals surface area contributed by atoms with Gasteiger partial charge in [-0.1, -0.05) is 0 Å². The van der Waals surface area contributed by atoms with Gasteiger partial charge in [-0.2, -0.15) is 0 Å². The van der Waals surface area contributed by atoms with E-state index in [1.807, 2.05) is 13.8 Å². The number of carbonyl (C=O) groups excluding carboxylic acids is 1. The third kappa shape index (κ3) is 2.49. The molecule has 1 rings (SSSR count). The zero-order valence-electron chi connectivity index (χ0n) is 8.12. The normalized spacial score (nSPS) is 33.5. The number of aldehydes is 1. The van der Waals surface area contributed by atoms with E-state index < -0.39 is 5.79 Å². The van der Waals surface area contributed by atoms with Gasteiger partial charge < -0.3 is 14.2 Å². The van der Waals surface area contributed by atoms with E-state index >= 15 is 0 Å². The molecule has 1 saturated heterocycles. The maximum atomic E-state index is 10.8. The van der Waals surface area contributed by atoms with Crippen molar-refractivity contribution in [3.05, 3.63) is 0 Å². The molecule has 1 aliphatic heterocycles. The number of hydrogen-bond acceptors (Lipinski definition) is 4. The van der Waals surface area contributed by atoms with E-state index in [9.17, 15) is 4.79 Å². The lowest BCUT2D eigenvalue weighted by Crippen LogP contribution is -2.35. The maximum absolute atomic E-state index is 10.8. The monoisotopic (exact) mass is 188 g/mol. The van der Waals surface area contributed by atoms with Gasteiger partial charge in [-0.05, 0) is 13.8 Å². The van der Waals surface area contributed by atoms with Crippen LogP contribution in [0.4, 0.5) is 0 Å². The van der Waals surface area contributed by atoms with Crippen molar-refractivity contribution in [2.24, 2.45) is 0 Å². The molecule has 1 heterocycles. The zero-order chi connectivity index (χ0) is 9.73. The van der Waals surface area contributed by atoms with Crippen molar-refractivity contribution in [3.63, 3.8) is 0 Å². The first-order chi connectivity index (χ1) is 6.26. The molecular formula is C9H16O4. The molecule has 0 spiro atoms. The number of ether oxygens (including phenoxy) is 3. The first-order valence-corrected chi connectivity index (χ1v) is 4.66. The van der Waals surface area contributed by atoms with E-state index in [0.717, 1.165) is 6.29 Å². The summed E-state index contributed by atoms with van der Waals surface area (Å²) in [6.07, 6.45) is 1.72. The molecular weight excluding hydrogens is 172 g/mol. The summed E-state index contributed by atoms with van der Waals surface area (Å²) in [5, 5.41) is 0. The molecule has 0 radical (unpaired) electrons. The number of rotatable bonds is 5. The molecule has 2 unspecified atom stereocenters. The van der Waals surface area contributed by atoms with E-state index in [1.165, 1.54) is 0 Å². The van der Waals surface area contributed by atoms with Crippen LogP contribution in [0.1, 0.15) is 26.7 Å². The Bertz CT molecular complexity index is 171. The zero-order valence-corrected chi connectivity index (χ0v) is 8.12. The third-order valence-electron chi connectivity index (χ3n) is 1.98. The first kappa shape index (κ1) is 10.6. The van der Waals surface area contributed by atoms with Gasteiger partial charge >= 0.3 is 0 Å². The molecule has 0 aromatic heterocycles. The fourth-order valence-electron chi connectivity index (χ4n) is 1.43. The Kier molecular flexibility index (Phi) is 3.84.